The minimum atomic E-state index is -3.73. The molecule has 7 nitrogen and oxygen atoms in total. The number of carbonyl (C=O) groups is 1. The van der Waals surface area contributed by atoms with Gasteiger partial charge in [0.1, 0.15) is 16.0 Å². The van der Waals surface area contributed by atoms with E-state index in [1.807, 2.05) is 25.1 Å². The van der Waals surface area contributed by atoms with Gasteiger partial charge < -0.3 is 4.42 Å². The van der Waals surface area contributed by atoms with Crippen molar-refractivity contribution < 1.29 is 17.6 Å². The molecule has 166 valence electrons. The van der Waals surface area contributed by atoms with Crippen LogP contribution in [0, 0.1) is 6.92 Å². The molecule has 0 N–H and O–H groups in total. The number of hydrogen-bond donors (Lipinski definition) is 0. The SMILES string of the molecule is Cc1ccc2nc(N(Cc3ccco3)C(=O)C3CCCN3S(=O)(=O)c3cccs3)sc2c1. The molecular formula is C22H21N3O4S3. The average molecular weight is 488 g/mol. The van der Waals surface area contributed by atoms with Gasteiger partial charge in [0.25, 0.3) is 10.0 Å². The summed E-state index contributed by atoms with van der Waals surface area (Å²) in [5.74, 6) is 0.328. The maximum absolute atomic E-state index is 13.8. The van der Waals surface area contributed by atoms with Crippen LogP contribution in [0.15, 0.2) is 62.7 Å². The van der Waals surface area contributed by atoms with E-state index in [1.165, 1.54) is 15.6 Å². The number of aromatic nitrogens is 1. The highest BCUT2D eigenvalue weighted by atomic mass is 32.2. The molecule has 1 aliphatic heterocycles. The number of thiophene rings is 1. The van der Waals surface area contributed by atoms with Gasteiger partial charge >= 0.3 is 0 Å². The fraction of sp³-hybridized carbons (Fsp3) is 0.273. The molecule has 1 atom stereocenters. The number of furan rings is 1. The summed E-state index contributed by atoms with van der Waals surface area (Å²) in [5, 5.41) is 2.26. The molecule has 4 heterocycles. The van der Waals surface area contributed by atoms with Crippen LogP contribution in [0.3, 0.4) is 0 Å². The van der Waals surface area contributed by atoms with Gasteiger partial charge in [0.15, 0.2) is 5.13 Å². The summed E-state index contributed by atoms with van der Waals surface area (Å²) in [6.45, 7) is 2.52. The van der Waals surface area contributed by atoms with Crippen molar-refractivity contribution in [3.05, 3.63) is 65.4 Å². The Morgan fingerprint density at radius 2 is 2.16 bits per heavy atom. The molecule has 5 rings (SSSR count). The van der Waals surface area contributed by atoms with Crippen molar-refractivity contribution in [2.75, 3.05) is 11.4 Å². The molecule has 1 unspecified atom stereocenters. The Kier molecular flexibility index (Phi) is 5.62. The molecule has 0 radical (unpaired) electrons. The fourth-order valence-corrected chi connectivity index (χ4v) is 7.75. The molecule has 1 amide bonds. The van der Waals surface area contributed by atoms with Crippen molar-refractivity contribution in [1.82, 2.24) is 9.29 Å². The van der Waals surface area contributed by atoms with Gasteiger partial charge in [0, 0.05) is 6.54 Å². The molecule has 0 saturated carbocycles. The first-order valence-corrected chi connectivity index (χ1v) is 13.3. The molecule has 1 aliphatic rings. The lowest BCUT2D eigenvalue weighted by atomic mass is 10.2. The number of anilines is 1. The van der Waals surface area contributed by atoms with Crippen LogP contribution in [0.25, 0.3) is 10.2 Å². The Balaban J connectivity index is 1.52. The van der Waals surface area contributed by atoms with E-state index in [0.717, 1.165) is 27.1 Å². The van der Waals surface area contributed by atoms with E-state index in [2.05, 4.69) is 4.98 Å². The van der Waals surface area contributed by atoms with Gasteiger partial charge in [-0.25, -0.2) is 13.4 Å². The monoisotopic (exact) mass is 487 g/mol. The lowest BCUT2D eigenvalue weighted by Gasteiger charge is -2.27. The number of amides is 1. The highest BCUT2D eigenvalue weighted by molar-refractivity contribution is 7.91. The minimum absolute atomic E-state index is 0.189. The number of benzene rings is 1. The molecule has 1 fully saturated rings. The lowest BCUT2D eigenvalue weighted by Crippen LogP contribution is -2.47. The van der Waals surface area contributed by atoms with Gasteiger partial charge in [-0.3, -0.25) is 9.69 Å². The zero-order valence-corrected chi connectivity index (χ0v) is 19.8. The van der Waals surface area contributed by atoms with Crippen LogP contribution in [-0.2, 0) is 21.4 Å². The van der Waals surface area contributed by atoms with E-state index >= 15 is 0 Å². The summed E-state index contributed by atoms with van der Waals surface area (Å²) in [6, 6.07) is 12.0. The summed E-state index contributed by atoms with van der Waals surface area (Å²) in [6.07, 6.45) is 2.67. The van der Waals surface area contributed by atoms with E-state index in [4.69, 9.17) is 4.42 Å². The van der Waals surface area contributed by atoms with E-state index in [1.54, 1.807) is 40.8 Å². The normalized spacial score (nSPS) is 17.2. The number of rotatable bonds is 6. The van der Waals surface area contributed by atoms with Crippen LogP contribution in [0.4, 0.5) is 5.13 Å². The maximum atomic E-state index is 13.8. The van der Waals surface area contributed by atoms with Crippen LogP contribution in [0.2, 0.25) is 0 Å². The van der Waals surface area contributed by atoms with Gasteiger partial charge in [-0.2, -0.15) is 4.31 Å². The third-order valence-electron chi connectivity index (χ3n) is 5.47. The molecule has 1 aromatic carbocycles. The fourth-order valence-electron chi connectivity index (χ4n) is 3.91. The Bertz CT molecular complexity index is 1340. The van der Waals surface area contributed by atoms with Crippen molar-refractivity contribution >= 4 is 54.0 Å². The van der Waals surface area contributed by atoms with Crippen LogP contribution in [0.5, 0.6) is 0 Å². The standard InChI is InChI=1S/C22H21N3O4S3/c1-15-8-9-17-19(13-15)31-22(23-17)24(14-16-5-3-11-29-16)21(26)18-6-2-10-25(18)32(27,28)20-7-4-12-30-20/h3-5,7-9,11-13,18H,2,6,10,14H2,1H3. The Morgan fingerprint density at radius 3 is 2.91 bits per heavy atom. The lowest BCUT2D eigenvalue weighted by molar-refractivity contribution is -0.121. The first-order chi connectivity index (χ1) is 15.4. The van der Waals surface area contributed by atoms with E-state index in [0.29, 0.717) is 30.3 Å². The topological polar surface area (TPSA) is 83.7 Å². The average Bonchev–Trinajstić information content (AvgIpc) is 3.56. The second-order valence-corrected chi connectivity index (χ2v) is 11.8. The zero-order chi connectivity index (χ0) is 22.3. The number of hydrogen-bond acceptors (Lipinski definition) is 7. The van der Waals surface area contributed by atoms with E-state index in [-0.39, 0.29) is 16.7 Å². The van der Waals surface area contributed by atoms with Crippen LogP contribution < -0.4 is 4.90 Å². The second-order valence-electron chi connectivity index (χ2n) is 7.68. The zero-order valence-electron chi connectivity index (χ0n) is 17.3. The van der Waals surface area contributed by atoms with Crippen molar-refractivity contribution in [3.63, 3.8) is 0 Å². The van der Waals surface area contributed by atoms with Crippen molar-refractivity contribution in [2.24, 2.45) is 0 Å². The van der Waals surface area contributed by atoms with Gasteiger partial charge in [-0.1, -0.05) is 23.5 Å². The third kappa shape index (κ3) is 3.88. The van der Waals surface area contributed by atoms with E-state index < -0.39 is 16.1 Å². The van der Waals surface area contributed by atoms with Crippen LogP contribution in [-0.4, -0.2) is 36.2 Å². The molecule has 1 saturated heterocycles. The molecule has 0 aliphatic carbocycles. The Hall–Kier alpha value is -2.53. The third-order valence-corrected chi connectivity index (χ3v) is 9.79. The predicted molar refractivity (Wildman–Crippen MR) is 125 cm³/mol. The summed E-state index contributed by atoms with van der Waals surface area (Å²) < 4.78 is 34.5. The summed E-state index contributed by atoms with van der Waals surface area (Å²) in [5.41, 5.74) is 1.92. The van der Waals surface area contributed by atoms with Gasteiger partial charge in [0.2, 0.25) is 5.91 Å². The first kappa shape index (κ1) is 21.3. The Labute approximate surface area is 194 Å². The summed E-state index contributed by atoms with van der Waals surface area (Å²) in [4.78, 5) is 20.0. The summed E-state index contributed by atoms with van der Waals surface area (Å²) in [7, 11) is -3.73. The first-order valence-electron chi connectivity index (χ1n) is 10.2. The minimum Gasteiger partial charge on any atom is -0.467 e. The molecule has 0 spiro atoms. The number of carbonyl (C=O) groups excluding carboxylic acids is 1. The van der Waals surface area contributed by atoms with Crippen molar-refractivity contribution in [1.29, 1.82) is 0 Å². The second kappa shape index (κ2) is 8.43. The molecule has 3 aromatic heterocycles. The van der Waals surface area contributed by atoms with E-state index in [9.17, 15) is 13.2 Å². The van der Waals surface area contributed by atoms with Crippen LogP contribution in [0.1, 0.15) is 24.2 Å². The number of aryl methyl sites for hydroxylation is 1. The van der Waals surface area contributed by atoms with Gasteiger partial charge in [-0.15, -0.1) is 11.3 Å². The molecule has 4 aromatic rings. The van der Waals surface area contributed by atoms with Crippen molar-refractivity contribution in [3.8, 4) is 0 Å². The number of sulfonamides is 1. The molecule has 10 heteroatoms. The molecular weight excluding hydrogens is 466 g/mol. The molecule has 0 bridgehead atoms. The number of thiazole rings is 1. The predicted octanol–water partition coefficient (Wildman–Crippen LogP) is 4.65. The number of fused-ring (bicyclic) bond motifs is 1. The quantitative estimate of drug-likeness (QED) is 0.395. The van der Waals surface area contributed by atoms with Gasteiger partial charge in [0.05, 0.1) is 23.0 Å². The highest BCUT2D eigenvalue weighted by Crippen LogP contribution is 2.34. The number of nitrogens with zero attached hydrogens (tertiary/aromatic N) is 3. The highest BCUT2D eigenvalue weighted by Gasteiger charge is 2.42. The molecule has 32 heavy (non-hydrogen) atoms. The maximum Gasteiger partial charge on any atom is 0.253 e. The summed E-state index contributed by atoms with van der Waals surface area (Å²) >= 11 is 2.58. The Morgan fingerprint density at radius 1 is 1.28 bits per heavy atom. The van der Waals surface area contributed by atoms with Crippen molar-refractivity contribution in [2.45, 2.75) is 36.6 Å². The van der Waals surface area contributed by atoms with Crippen LogP contribution >= 0.6 is 22.7 Å². The smallest absolute Gasteiger partial charge is 0.253 e. The largest absolute Gasteiger partial charge is 0.467 e. The van der Waals surface area contributed by atoms with Gasteiger partial charge in [-0.05, 0) is 61.0 Å².